The van der Waals surface area contributed by atoms with Crippen LogP contribution in [0.1, 0.15) is 12.0 Å². The fourth-order valence-corrected chi connectivity index (χ4v) is 3.76. The van der Waals surface area contributed by atoms with E-state index in [1.54, 1.807) is 0 Å². The molecule has 0 unspecified atom stereocenters. The quantitative estimate of drug-likeness (QED) is 0.587. The predicted molar refractivity (Wildman–Crippen MR) is 84.2 cm³/mol. The predicted octanol–water partition coefficient (Wildman–Crippen LogP) is 4.74. The van der Waals surface area contributed by atoms with Crippen LogP contribution in [0.15, 0.2) is 51.5 Å². The van der Waals surface area contributed by atoms with Gasteiger partial charge in [0.05, 0.1) is 4.21 Å². The number of benzene rings is 1. The van der Waals surface area contributed by atoms with Crippen molar-refractivity contribution in [3.63, 3.8) is 0 Å². The van der Waals surface area contributed by atoms with Crippen LogP contribution in [-0.2, 0) is 0 Å². The van der Waals surface area contributed by atoms with E-state index in [0.717, 1.165) is 21.4 Å². The highest BCUT2D eigenvalue weighted by Gasteiger charge is 2.05. The van der Waals surface area contributed by atoms with E-state index in [0.29, 0.717) is 10.8 Å². The molecule has 0 N–H and O–H groups in total. The molecule has 2 nitrogen and oxygen atoms in total. The van der Waals surface area contributed by atoms with E-state index < -0.39 is 6.08 Å². The fourth-order valence-electron chi connectivity index (χ4n) is 1.68. The summed E-state index contributed by atoms with van der Waals surface area (Å²) >= 11 is 2.79. The van der Waals surface area contributed by atoms with Crippen LogP contribution in [0, 0.1) is 6.92 Å². The zero-order valence-electron chi connectivity index (χ0n) is 11.3. The molecule has 110 valence electrons. The molecule has 0 aliphatic carbocycles. The number of aromatic nitrogens is 1. The number of rotatable bonds is 5. The summed E-state index contributed by atoms with van der Waals surface area (Å²) in [6.07, 6.45) is -0.506. The number of nitrogens with zero attached hydrogens (tertiary/aromatic N) is 1. The Balaban J connectivity index is 2.18. The van der Waals surface area contributed by atoms with Crippen molar-refractivity contribution in [1.29, 1.82) is 0 Å². The number of thioether (sulfide) groups is 1. The number of allylic oxidation sites excluding steroid dienone is 1. The van der Waals surface area contributed by atoms with Gasteiger partial charge in [-0.15, -0.1) is 23.1 Å². The van der Waals surface area contributed by atoms with E-state index in [4.69, 9.17) is 0 Å². The molecule has 0 atom stereocenters. The molecule has 0 spiro atoms. The molecule has 2 aromatic rings. The first kappa shape index (κ1) is 15.9. The third-order valence-electron chi connectivity index (χ3n) is 2.58. The number of aryl methyl sites for hydroxylation is 1. The average molecular weight is 325 g/mol. The molecule has 0 aliphatic heterocycles. The molecular weight excluding hydrogens is 312 g/mol. The van der Waals surface area contributed by atoms with Crippen LogP contribution in [0.4, 0.5) is 8.78 Å². The van der Waals surface area contributed by atoms with Crippen molar-refractivity contribution in [1.82, 2.24) is 4.98 Å². The number of halogens is 2. The van der Waals surface area contributed by atoms with Gasteiger partial charge in [0.2, 0.25) is 0 Å². The monoisotopic (exact) mass is 325 g/mol. The smallest absolute Gasteiger partial charge is 0.267 e. The van der Waals surface area contributed by atoms with Crippen LogP contribution in [0.3, 0.4) is 0 Å². The highest BCUT2D eigenvalue weighted by atomic mass is 32.2. The molecule has 6 heteroatoms. The van der Waals surface area contributed by atoms with Crippen molar-refractivity contribution in [3.05, 3.63) is 58.4 Å². The van der Waals surface area contributed by atoms with E-state index in [1.807, 2.05) is 31.2 Å². The van der Waals surface area contributed by atoms with Gasteiger partial charge < -0.3 is 0 Å². The molecule has 0 radical (unpaired) electrons. The normalized spacial score (nSPS) is 10.4. The summed E-state index contributed by atoms with van der Waals surface area (Å²) < 4.78 is 24.7. The second-order valence-electron chi connectivity index (χ2n) is 4.32. The molecular formula is C15H13F2NOS2. The number of hydrogen-bond acceptors (Lipinski definition) is 4. The first-order chi connectivity index (χ1) is 10.0. The van der Waals surface area contributed by atoms with Gasteiger partial charge in [0.25, 0.3) is 11.6 Å². The van der Waals surface area contributed by atoms with Crippen LogP contribution >= 0.6 is 23.1 Å². The maximum atomic E-state index is 11.9. The molecule has 0 fully saturated rings. The summed E-state index contributed by atoms with van der Waals surface area (Å²) in [7, 11) is 0. The summed E-state index contributed by atoms with van der Waals surface area (Å²) in [5.74, 6) is 0.505. The summed E-state index contributed by atoms with van der Waals surface area (Å²) in [5, 5.41) is 0.654. The van der Waals surface area contributed by atoms with Crippen LogP contribution in [0.5, 0.6) is 0 Å². The Morgan fingerprint density at radius 2 is 2.19 bits per heavy atom. The molecule has 1 aromatic heterocycles. The second kappa shape index (κ2) is 7.47. The Morgan fingerprint density at radius 3 is 2.90 bits per heavy atom. The van der Waals surface area contributed by atoms with Gasteiger partial charge in [0.1, 0.15) is 5.01 Å². The molecule has 0 saturated heterocycles. The lowest BCUT2D eigenvalue weighted by atomic mass is 10.1. The molecule has 21 heavy (non-hydrogen) atoms. The van der Waals surface area contributed by atoms with E-state index >= 15 is 0 Å². The van der Waals surface area contributed by atoms with Crippen LogP contribution in [0.25, 0.3) is 10.6 Å². The minimum atomic E-state index is -1.67. The minimum absolute atomic E-state index is 0.274. The SMILES string of the molecule is Cc1cccc(-c2nc(=O)cc(SCCC=C(F)F)s2)c1. The minimum Gasteiger partial charge on any atom is -0.267 e. The first-order valence-electron chi connectivity index (χ1n) is 6.28. The van der Waals surface area contributed by atoms with Crippen molar-refractivity contribution in [3.8, 4) is 10.6 Å². The van der Waals surface area contributed by atoms with Gasteiger partial charge >= 0.3 is 0 Å². The van der Waals surface area contributed by atoms with E-state index in [1.165, 1.54) is 29.2 Å². The Labute approximate surface area is 129 Å². The molecule has 0 saturated carbocycles. The first-order valence-corrected chi connectivity index (χ1v) is 8.08. The molecule has 0 aliphatic rings. The van der Waals surface area contributed by atoms with Gasteiger partial charge in [0, 0.05) is 17.4 Å². The average Bonchev–Trinajstić information content (AvgIpc) is 2.43. The largest absolute Gasteiger partial charge is 0.273 e. The van der Waals surface area contributed by atoms with E-state index in [9.17, 15) is 13.6 Å². The maximum absolute atomic E-state index is 11.9. The summed E-state index contributed by atoms with van der Waals surface area (Å²) in [6, 6.07) is 9.21. The van der Waals surface area contributed by atoms with Crippen molar-refractivity contribution in [2.75, 3.05) is 5.75 Å². The Kier molecular flexibility index (Phi) is 5.64. The lowest BCUT2D eigenvalue weighted by Crippen LogP contribution is -2.04. The topological polar surface area (TPSA) is 30.0 Å². The third-order valence-corrected chi connectivity index (χ3v) is 4.86. The highest BCUT2D eigenvalue weighted by molar-refractivity contribution is 8.01. The lowest BCUT2D eigenvalue weighted by molar-refractivity contribution is 0.418. The van der Waals surface area contributed by atoms with Gasteiger partial charge in [-0.1, -0.05) is 23.8 Å². The molecule has 1 heterocycles. The Morgan fingerprint density at radius 1 is 1.38 bits per heavy atom. The van der Waals surface area contributed by atoms with Crippen LogP contribution in [0.2, 0.25) is 0 Å². The van der Waals surface area contributed by atoms with Crippen LogP contribution < -0.4 is 5.56 Å². The highest BCUT2D eigenvalue weighted by Crippen LogP contribution is 2.29. The van der Waals surface area contributed by atoms with Gasteiger partial charge in [-0.25, -0.2) is 0 Å². The summed E-state index contributed by atoms with van der Waals surface area (Å²) in [5.41, 5.74) is 1.68. The molecule has 0 amide bonds. The van der Waals surface area contributed by atoms with Crippen molar-refractivity contribution in [2.45, 2.75) is 17.6 Å². The summed E-state index contributed by atoms with van der Waals surface area (Å²) in [4.78, 5) is 15.7. The maximum Gasteiger partial charge on any atom is 0.273 e. The van der Waals surface area contributed by atoms with E-state index in [2.05, 4.69) is 4.98 Å². The standard InChI is InChI=1S/C15H13F2NOS2/c1-10-4-2-5-11(8-10)15-18-13(19)9-14(21-15)20-7-3-6-12(16)17/h2,4-6,8-9H,3,7H2,1H3. The fraction of sp³-hybridized carbons (Fsp3) is 0.200. The Hall–Kier alpha value is -1.53. The Bertz CT molecular complexity index is 709. The zero-order chi connectivity index (χ0) is 15.2. The van der Waals surface area contributed by atoms with Gasteiger partial charge in [-0.2, -0.15) is 13.8 Å². The molecule has 1 aromatic carbocycles. The zero-order valence-corrected chi connectivity index (χ0v) is 12.9. The summed E-state index contributed by atoms with van der Waals surface area (Å²) in [6.45, 7) is 1.97. The van der Waals surface area contributed by atoms with Crippen molar-refractivity contribution in [2.24, 2.45) is 0 Å². The van der Waals surface area contributed by atoms with Crippen molar-refractivity contribution >= 4 is 23.1 Å². The van der Waals surface area contributed by atoms with Gasteiger partial charge in [-0.05, 0) is 25.5 Å². The molecule has 2 rings (SSSR count). The third kappa shape index (κ3) is 5.06. The second-order valence-corrected chi connectivity index (χ2v) is 6.75. The van der Waals surface area contributed by atoms with Gasteiger partial charge in [-0.3, -0.25) is 4.79 Å². The number of hydrogen-bond donors (Lipinski definition) is 0. The van der Waals surface area contributed by atoms with Gasteiger partial charge in [0.15, 0.2) is 0 Å². The van der Waals surface area contributed by atoms with E-state index in [-0.39, 0.29) is 12.0 Å². The van der Waals surface area contributed by atoms with Crippen molar-refractivity contribution < 1.29 is 8.78 Å². The van der Waals surface area contributed by atoms with Crippen LogP contribution in [-0.4, -0.2) is 10.7 Å². The lowest BCUT2D eigenvalue weighted by Gasteiger charge is -2.03. The molecule has 0 bridgehead atoms.